The van der Waals surface area contributed by atoms with Gasteiger partial charge in [0.1, 0.15) is 12.4 Å². The fraction of sp³-hybridized carbons (Fsp3) is 0.348. The average Bonchev–Trinajstić information content (AvgIpc) is 3.24. The van der Waals surface area contributed by atoms with Crippen molar-refractivity contribution in [3.05, 3.63) is 53.3 Å². The Hall–Kier alpha value is -3.75. The highest BCUT2D eigenvalue weighted by Crippen LogP contribution is 2.35. The zero-order valence-corrected chi connectivity index (χ0v) is 18.1. The van der Waals surface area contributed by atoms with E-state index < -0.39 is 12.1 Å². The number of aromatic nitrogens is 2. The third-order valence-corrected chi connectivity index (χ3v) is 5.49. The summed E-state index contributed by atoms with van der Waals surface area (Å²) in [7, 11) is 0. The summed E-state index contributed by atoms with van der Waals surface area (Å²) in [6.45, 7) is 3.93. The van der Waals surface area contributed by atoms with Crippen LogP contribution in [0.15, 0.2) is 36.5 Å². The molecule has 9 heteroatoms. The molecule has 4 rings (SSSR count). The van der Waals surface area contributed by atoms with E-state index in [0.29, 0.717) is 30.9 Å². The number of carboxylic acids is 1. The lowest BCUT2D eigenvalue weighted by Crippen LogP contribution is -2.37. The molecule has 1 amide bonds. The van der Waals surface area contributed by atoms with Crippen molar-refractivity contribution in [3.8, 4) is 0 Å². The largest absolute Gasteiger partial charge is 0.480 e. The van der Waals surface area contributed by atoms with Crippen LogP contribution in [0.5, 0.6) is 0 Å². The Bertz CT molecular complexity index is 1170. The van der Waals surface area contributed by atoms with Crippen molar-refractivity contribution < 1.29 is 19.4 Å². The molecular formula is C23H27N5O4. The van der Waals surface area contributed by atoms with Gasteiger partial charge in [-0.1, -0.05) is 6.07 Å². The van der Waals surface area contributed by atoms with E-state index in [-0.39, 0.29) is 18.7 Å². The fourth-order valence-electron chi connectivity index (χ4n) is 4.26. The molecule has 1 aliphatic rings. The summed E-state index contributed by atoms with van der Waals surface area (Å²) in [5, 5.41) is 15.9. The molecule has 2 aromatic heterocycles. The minimum absolute atomic E-state index is 0.0677. The van der Waals surface area contributed by atoms with Crippen LogP contribution in [0.3, 0.4) is 0 Å². The number of alkyl carbamates (subject to hydrolysis) is 1. The molecule has 0 radical (unpaired) electrons. The standard InChI is InChI=1S/C23H27N5O4/c1-13(2)32-23(31)27-16-9-18-17-8-15(24)5-6-19(17)28(20(18)10-16)12-14-4-3-7-25-22(14)26-11-21(29)30/h3-8,13,16H,9-12,24H2,1-2H3,(H,25,26)(H,27,31)(H,29,30)/t16-/m0/s1. The van der Waals surface area contributed by atoms with E-state index in [0.717, 1.165) is 27.7 Å². The van der Waals surface area contributed by atoms with Crippen molar-refractivity contribution in [3.63, 3.8) is 0 Å². The zero-order chi connectivity index (χ0) is 22.8. The number of fused-ring (bicyclic) bond motifs is 3. The van der Waals surface area contributed by atoms with Crippen LogP contribution in [0, 0.1) is 0 Å². The second-order valence-corrected chi connectivity index (χ2v) is 8.25. The van der Waals surface area contributed by atoms with Gasteiger partial charge in [0, 0.05) is 46.5 Å². The number of rotatable bonds is 7. The molecule has 0 spiro atoms. The van der Waals surface area contributed by atoms with Gasteiger partial charge in [-0.2, -0.15) is 0 Å². The molecule has 32 heavy (non-hydrogen) atoms. The molecule has 1 aromatic carbocycles. The molecule has 168 valence electrons. The maximum atomic E-state index is 12.1. The number of carboxylic acid groups (broad SMARTS) is 1. The van der Waals surface area contributed by atoms with Gasteiger partial charge in [-0.3, -0.25) is 4.79 Å². The summed E-state index contributed by atoms with van der Waals surface area (Å²) in [5.74, 6) is -0.416. The van der Waals surface area contributed by atoms with Gasteiger partial charge < -0.3 is 30.8 Å². The monoisotopic (exact) mass is 437 g/mol. The third kappa shape index (κ3) is 4.46. The number of carbonyl (C=O) groups excluding carboxylic acids is 1. The summed E-state index contributed by atoms with van der Waals surface area (Å²) in [6.07, 6.45) is 2.38. The van der Waals surface area contributed by atoms with Crippen LogP contribution < -0.4 is 16.4 Å². The molecule has 0 fully saturated rings. The van der Waals surface area contributed by atoms with Crippen LogP contribution in [0.25, 0.3) is 10.9 Å². The molecule has 3 aromatic rings. The number of hydrogen-bond donors (Lipinski definition) is 4. The highest BCUT2D eigenvalue weighted by molar-refractivity contribution is 5.89. The lowest BCUT2D eigenvalue weighted by molar-refractivity contribution is -0.134. The normalized spacial score (nSPS) is 15.0. The number of nitrogens with one attached hydrogen (secondary N) is 2. The molecule has 0 saturated heterocycles. The fourth-order valence-corrected chi connectivity index (χ4v) is 4.26. The van der Waals surface area contributed by atoms with E-state index in [9.17, 15) is 9.59 Å². The average molecular weight is 438 g/mol. The smallest absolute Gasteiger partial charge is 0.407 e. The SMILES string of the molecule is CC(C)OC(=O)N[C@H]1Cc2c(n(Cc3cccnc3NCC(=O)O)c3ccc(N)cc23)C1. The summed E-state index contributed by atoms with van der Waals surface area (Å²) in [6, 6.07) is 9.53. The lowest BCUT2D eigenvalue weighted by atomic mass is 10.1. The minimum atomic E-state index is -0.952. The van der Waals surface area contributed by atoms with E-state index in [1.54, 1.807) is 6.20 Å². The van der Waals surface area contributed by atoms with Crippen molar-refractivity contribution >= 4 is 34.5 Å². The van der Waals surface area contributed by atoms with Gasteiger partial charge in [0.25, 0.3) is 0 Å². The van der Waals surface area contributed by atoms with Crippen molar-refractivity contribution in [2.45, 2.75) is 45.4 Å². The molecule has 0 unspecified atom stereocenters. The second-order valence-electron chi connectivity index (χ2n) is 8.25. The Kier molecular flexibility index (Phi) is 5.89. The first-order valence-electron chi connectivity index (χ1n) is 10.6. The predicted octanol–water partition coefficient (Wildman–Crippen LogP) is 2.77. The number of hydrogen-bond acceptors (Lipinski definition) is 6. The molecule has 1 aliphatic carbocycles. The molecule has 2 heterocycles. The van der Waals surface area contributed by atoms with Gasteiger partial charge in [-0.15, -0.1) is 0 Å². The number of nitrogens with zero attached hydrogens (tertiary/aromatic N) is 2. The number of benzene rings is 1. The minimum Gasteiger partial charge on any atom is -0.480 e. The number of pyridine rings is 1. The van der Waals surface area contributed by atoms with E-state index in [2.05, 4.69) is 20.2 Å². The second kappa shape index (κ2) is 8.78. The Morgan fingerprint density at radius 2 is 2.12 bits per heavy atom. The number of nitrogens with two attached hydrogens (primary N) is 1. The molecule has 0 bridgehead atoms. The highest BCUT2D eigenvalue weighted by atomic mass is 16.6. The number of anilines is 2. The molecule has 0 saturated carbocycles. The van der Waals surface area contributed by atoms with Crippen molar-refractivity contribution in [1.82, 2.24) is 14.9 Å². The van der Waals surface area contributed by atoms with Gasteiger partial charge >= 0.3 is 12.1 Å². The first kappa shape index (κ1) is 21.5. The lowest BCUT2D eigenvalue weighted by Gasteiger charge is -2.17. The number of carbonyl (C=O) groups is 2. The Labute approximate surface area is 185 Å². The number of ether oxygens (including phenoxy) is 1. The predicted molar refractivity (Wildman–Crippen MR) is 122 cm³/mol. The van der Waals surface area contributed by atoms with E-state index in [1.807, 2.05) is 44.2 Å². The van der Waals surface area contributed by atoms with Crippen LogP contribution in [-0.2, 0) is 28.9 Å². The molecular weight excluding hydrogens is 410 g/mol. The molecule has 1 atom stereocenters. The van der Waals surface area contributed by atoms with Crippen molar-refractivity contribution in [2.75, 3.05) is 17.6 Å². The first-order valence-corrected chi connectivity index (χ1v) is 10.6. The maximum Gasteiger partial charge on any atom is 0.407 e. The van der Waals surface area contributed by atoms with Gasteiger partial charge in [-0.05, 0) is 50.1 Å². The summed E-state index contributed by atoms with van der Waals surface area (Å²) < 4.78 is 7.44. The van der Waals surface area contributed by atoms with Crippen LogP contribution in [0.1, 0.15) is 30.7 Å². The summed E-state index contributed by atoms with van der Waals surface area (Å²) in [5.41, 5.74) is 10.9. The van der Waals surface area contributed by atoms with Crippen LogP contribution in [-0.4, -0.2) is 45.4 Å². The summed E-state index contributed by atoms with van der Waals surface area (Å²) in [4.78, 5) is 27.4. The van der Waals surface area contributed by atoms with Gasteiger partial charge in [0.2, 0.25) is 0 Å². The van der Waals surface area contributed by atoms with Crippen molar-refractivity contribution in [2.24, 2.45) is 0 Å². The summed E-state index contributed by atoms with van der Waals surface area (Å²) >= 11 is 0. The van der Waals surface area contributed by atoms with E-state index in [4.69, 9.17) is 15.6 Å². The van der Waals surface area contributed by atoms with Crippen LogP contribution in [0.2, 0.25) is 0 Å². The Morgan fingerprint density at radius 3 is 2.88 bits per heavy atom. The Morgan fingerprint density at radius 1 is 1.31 bits per heavy atom. The van der Waals surface area contributed by atoms with E-state index >= 15 is 0 Å². The first-order chi connectivity index (χ1) is 15.3. The van der Waals surface area contributed by atoms with E-state index in [1.165, 1.54) is 0 Å². The topological polar surface area (TPSA) is 132 Å². The van der Waals surface area contributed by atoms with Gasteiger partial charge in [-0.25, -0.2) is 9.78 Å². The molecule has 5 N–H and O–H groups in total. The maximum absolute atomic E-state index is 12.1. The number of amides is 1. The number of aliphatic carboxylic acids is 1. The van der Waals surface area contributed by atoms with Gasteiger partial charge in [0.15, 0.2) is 0 Å². The quantitative estimate of drug-likeness (QED) is 0.418. The van der Waals surface area contributed by atoms with Crippen molar-refractivity contribution in [1.29, 1.82) is 0 Å². The van der Waals surface area contributed by atoms with Crippen LogP contribution in [0.4, 0.5) is 16.3 Å². The van der Waals surface area contributed by atoms with Gasteiger partial charge in [0.05, 0.1) is 12.6 Å². The Balaban J connectivity index is 1.66. The molecule has 9 nitrogen and oxygen atoms in total. The highest BCUT2D eigenvalue weighted by Gasteiger charge is 2.30. The zero-order valence-electron chi connectivity index (χ0n) is 18.1. The molecule has 0 aliphatic heterocycles. The third-order valence-electron chi connectivity index (χ3n) is 5.49. The van der Waals surface area contributed by atoms with Crippen LogP contribution >= 0.6 is 0 Å². The number of nitrogen functional groups attached to an aromatic ring is 1.